The summed E-state index contributed by atoms with van der Waals surface area (Å²) >= 11 is 0. The highest BCUT2D eigenvalue weighted by molar-refractivity contribution is 6.08. The van der Waals surface area contributed by atoms with E-state index in [0.717, 1.165) is 0 Å². The van der Waals surface area contributed by atoms with Gasteiger partial charge in [0, 0.05) is 23.9 Å². The summed E-state index contributed by atoms with van der Waals surface area (Å²) in [5.74, 6) is -0.827. The molecule has 2 heterocycles. The minimum absolute atomic E-state index is 0.0904. The fourth-order valence-corrected chi connectivity index (χ4v) is 2.28. The average molecular weight is 325 g/mol. The van der Waals surface area contributed by atoms with Crippen LogP contribution in [0.3, 0.4) is 0 Å². The lowest BCUT2D eigenvalue weighted by Gasteiger charge is -2.03. The van der Waals surface area contributed by atoms with Crippen molar-refractivity contribution in [1.29, 1.82) is 0 Å². The van der Waals surface area contributed by atoms with Crippen molar-refractivity contribution in [1.82, 2.24) is 9.38 Å². The van der Waals surface area contributed by atoms with E-state index >= 15 is 0 Å². The van der Waals surface area contributed by atoms with Gasteiger partial charge in [-0.05, 0) is 24.3 Å². The maximum Gasteiger partial charge on any atom is 0.338 e. The van der Waals surface area contributed by atoms with Gasteiger partial charge in [-0.15, -0.1) is 0 Å². The summed E-state index contributed by atoms with van der Waals surface area (Å²) in [5.41, 5.74) is 1.25. The predicted molar refractivity (Wildman–Crippen MR) is 83.1 cm³/mol. The summed E-state index contributed by atoms with van der Waals surface area (Å²) in [4.78, 5) is 38.3. The molecule has 8 nitrogen and oxygen atoms in total. The monoisotopic (exact) mass is 325 g/mol. The van der Waals surface area contributed by atoms with Gasteiger partial charge in [-0.1, -0.05) is 0 Å². The van der Waals surface area contributed by atoms with Crippen molar-refractivity contribution in [2.24, 2.45) is 0 Å². The van der Waals surface area contributed by atoms with Gasteiger partial charge in [-0.2, -0.15) is 0 Å². The normalized spacial score (nSPS) is 10.5. The number of non-ortho nitro benzene ring substituents is 1. The molecule has 0 aliphatic rings. The molecule has 0 saturated heterocycles. The third-order valence-electron chi connectivity index (χ3n) is 3.51. The molecule has 3 aromatic rings. The van der Waals surface area contributed by atoms with Gasteiger partial charge in [-0.25, -0.2) is 9.78 Å². The highest BCUT2D eigenvalue weighted by Crippen LogP contribution is 2.17. The van der Waals surface area contributed by atoms with Crippen LogP contribution in [0.1, 0.15) is 26.4 Å². The molecule has 1 aromatic carbocycles. The number of hydrogen-bond donors (Lipinski definition) is 0. The smallest absolute Gasteiger partial charge is 0.338 e. The first kappa shape index (κ1) is 15.3. The van der Waals surface area contributed by atoms with Gasteiger partial charge in [-0.3, -0.25) is 19.3 Å². The molecule has 0 amide bonds. The van der Waals surface area contributed by atoms with Crippen molar-refractivity contribution in [3.8, 4) is 0 Å². The molecule has 0 spiro atoms. The van der Waals surface area contributed by atoms with Gasteiger partial charge in [0.05, 0.1) is 23.8 Å². The number of rotatable bonds is 4. The average Bonchev–Trinajstić information content (AvgIpc) is 3.03. The Balaban J connectivity index is 1.98. The lowest BCUT2D eigenvalue weighted by molar-refractivity contribution is -0.384. The van der Waals surface area contributed by atoms with E-state index in [0.29, 0.717) is 16.8 Å². The maximum atomic E-state index is 12.6. The van der Waals surface area contributed by atoms with Gasteiger partial charge in [0.2, 0.25) is 5.78 Å². The molecule has 120 valence electrons. The number of ether oxygens (including phenoxy) is 1. The van der Waals surface area contributed by atoms with E-state index in [9.17, 15) is 19.7 Å². The van der Waals surface area contributed by atoms with Crippen molar-refractivity contribution in [2.75, 3.05) is 7.11 Å². The largest absolute Gasteiger partial charge is 0.465 e. The van der Waals surface area contributed by atoms with Gasteiger partial charge < -0.3 is 4.74 Å². The Morgan fingerprint density at radius 3 is 2.50 bits per heavy atom. The highest BCUT2D eigenvalue weighted by atomic mass is 16.6. The summed E-state index contributed by atoms with van der Waals surface area (Å²) < 4.78 is 6.18. The predicted octanol–water partition coefficient (Wildman–Crippen LogP) is 2.26. The first-order valence-electron chi connectivity index (χ1n) is 6.86. The second-order valence-corrected chi connectivity index (χ2v) is 4.91. The zero-order valence-corrected chi connectivity index (χ0v) is 12.5. The lowest BCUT2D eigenvalue weighted by atomic mass is 10.1. The first-order chi connectivity index (χ1) is 11.5. The molecule has 0 N–H and O–H groups in total. The molecule has 2 aromatic heterocycles. The number of hydrogen-bond acceptors (Lipinski definition) is 6. The number of nitro benzene ring substituents is 1. The number of nitro groups is 1. The Morgan fingerprint density at radius 1 is 1.17 bits per heavy atom. The molecule has 0 unspecified atom stereocenters. The van der Waals surface area contributed by atoms with E-state index in [1.165, 1.54) is 54.1 Å². The molecule has 0 aliphatic heterocycles. The van der Waals surface area contributed by atoms with Crippen LogP contribution in [0.2, 0.25) is 0 Å². The van der Waals surface area contributed by atoms with E-state index in [-0.39, 0.29) is 17.2 Å². The van der Waals surface area contributed by atoms with Gasteiger partial charge >= 0.3 is 5.97 Å². The van der Waals surface area contributed by atoms with Crippen LogP contribution < -0.4 is 0 Å². The molecular weight excluding hydrogens is 314 g/mol. The minimum atomic E-state index is -0.531. The summed E-state index contributed by atoms with van der Waals surface area (Å²) in [6, 6.07) is 8.36. The Kier molecular flexibility index (Phi) is 3.78. The number of pyridine rings is 1. The highest BCUT2D eigenvalue weighted by Gasteiger charge is 2.17. The van der Waals surface area contributed by atoms with Crippen molar-refractivity contribution >= 4 is 23.1 Å². The molecule has 0 aliphatic carbocycles. The van der Waals surface area contributed by atoms with E-state index in [4.69, 9.17) is 0 Å². The Bertz CT molecular complexity index is 960. The van der Waals surface area contributed by atoms with Crippen molar-refractivity contribution < 1.29 is 19.2 Å². The van der Waals surface area contributed by atoms with Gasteiger partial charge in [0.1, 0.15) is 11.3 Å². The molecule has 0 saturated carbocycles. The van der Waals surface area contributed by atoms with Crippen LogP contribution in [0.25, 0.3) is 5.65 Å². The van der Waals surface area contributed by atoms with Gasteiger partial charge in [0.15, 0.2) is 0 Å². The molecule has 3 rings (SSSR count). The number of fused-ring (bicyclic) bond motifs is 1. The summed E-state index contributed by atoms with van der Waals surface area (Å²) in [7, 11) is 1.28. The number of carbonyl (C=O) groups is 2. The molecule has 0 bridgehead atoms. The molecule has 0 radical (unpaired) electrons. The van der Waals surface area contributed by atoms with Crippen molar-refractivity contribution in [3.05, 3.63) is 75.7 Å². The first-order valence-corrected chi connectivity index (χ1v) is 6.86. The number of nitrogens with zero attached hydrogens (tertiary/aromatic N) is 3. The molecular formula is C16H11N3O5. The number of carbonyl (C=O) groups excluding carboxylic acids is 2. The van der Waals surface area contributed by atoms with E-state index in [2.05, 4.69) is 9.72 Å². The second-order valence-electron chi connectivity index (χ2n) is 4.91. The number of esters is 1. The number of aromatic nitrogens is 2. The summed E-state index contributed by atoms with van der Waals surface area (Å²) in [6.45, 7) is 0. The fraction of sp³-hybridized carbons (Fsp3) is 0.0625. The molecule has 24 heavy (non-hydrogen) atoms. The lowest BCUT2D eigenvalue weighted by Crippen LogP contribution is -2.06. The number of ketones is 1. The summed E-state index contributed by atoms with van der Waals surface area (Å²) in [5, 5.41) is 10.7. The van der Waals surface area contributed by atoms with Crippen molar-refractivity contribution in [3.63, 3.8) is 0 Å². The number of benzene rings is 1. The molecule has 0 atom stereocenters. The topological polar surface area (TPSA) is 104 Å². The van der Waals surface area contributed by atoms with Gasteiger partial charge in [0.25, 0.3) is 5.69 Å². The standard InChI is InChI=1S/C16H11N3O5/c1-24-16(21)11-6-7-18-13(9-17-14(18)8-11)15(20)10-2-4-12(5-3-10)19(22)23/h2-9H,1H3. The second kappa shape index (κ2) is 5.92. The van der Waals surface area contributed by atoms with Crippen LogP contribution >= 0.6 is 0 Å². The van der Waals surface area contributed by atoms with E-state index in [1.807, 2.05) is 0 Å². The van der Waals surface area contributed by atoms with Crippen LogP contribution in [0, 0.1) is 10.1 Å². The zero-order chi connectivity index (χ0) is 17.3. The maximum absolute atomic E-state index is 12.6. The SMILES string of the molecule is COC(=O)c1ccn2c(C(=O)c3ccc([N+](=O)[O-])cc3)cnc2c1. The molecule has 8 heteroatoms. The third-order valence-corrected chi connectivity index (χ3v) is 3.51. The Hall–Kier alpha value is -3.55. The summed E-state index contributed by atoms with van der Waals surface area (Å²) in [6.07, 6.45) is 2.94. The van der Waals surface area contributed by atoms with Crippen LogP contribution in [0.15, 0.2) is 48.8 Å². The van der Waals surface area contributed by atoms with E-state index < -0.39 is 10.9 Å². The van der Waals surface area contributed by atoms with Crippen LogP contribution in [0.4, 0.5) is 5.69 Å². The minimum Gasteiger partial charge on any atom is -0.465 e. The molecule has 0 fully saturated rings. The zero-order valence-electron chi connectivity index (χ0n) is 12.5. The quantitative estimate of drug-likeness (QED) is 0.315. The van der Waals surface area contributed by atoms with Crippen LogP contribution in [0.5, 0.6) is 0 Å². The van der Waals surface area contributed by atoms with Crippen molar-refractivity contribution in [2.45, 2.75) is 0 Å². The fourth-order valence-electron chi connectivity index (χ4n) is 2.28. The third kappa shape index (κ3) is 2.60. The number of imidazole rings is 1. The van der Waals surface area contributed by atoms with Crippen LogP contribution in [-0.4, -0.2) is 33.2 Å². The Morgan fingerprint density at radius 2 is 1.88 bits per heavy atom. The van der Waals surface area contributed by atoms with E-state index in [1.54, 1.807) is 6.20 Å². The van der Waals surface area contributed by atoms with Crippen LogP contribution in [-0.2, 0) is 4.74 Å². The Labute approximate surface area is 135 Å². The number of methoxy groups -OCH3 is 1.